The summed E-state index contributed by atoms with van der Waals surface area (Å²) in [5.74, 6) is 2.12. The van der Waals surface area contributed by atoms with E-state index in [2.05, 4.69) is 59.4 Å². The fourth-order valence-corrected chi connectivity index (χ4v) is 13.5. The number of carbonyl (C=O) groups is 3. The van der Waals surface area contributed by atoms with E-state index in [0.717, 1.165) is 61.1 Å². The Balaban J connectivity index is 0.615. The fraction of sp³-hybridized carbons (Fsp3) is 0.574. The molecular formula is C54H68N10O5. The predicted molar refractivity (Wildman–Crippen MR) is 263 cm³/mol. The summed E-state index contributed by atoms with van der Waals surface area (Å²) in [6.07, 6.45) is 13.0. The van der Waals surface area contributed by atoms with Crippen LogP contribution in [0, 0.1) is 28.6 Å². The molecule has 69 heavy (non-hydrogen) atoms. The monoisotopic (exact) mass is 937 g/mol. The van der Waals surface area contributed by atoms with E-state index in [1.54, 1.807) is 6.07 Å². The zero-order valence-electron chi connectivity index (χ0n) is 40.6. The van der Waals surface area contributed by atoms with Gasteiger partial charge in [-0.15, -0.1) is 16.6 Å². The number of terminal acetylenes is 1. The Morgan fingerprint density at radius 3 is 2.30 bits per heavy atom. The summed E-state index contributed by atoms with van der Waals surface area (Å²) in [6.45, 7) is 15.6. The van der Waals surface area contributed by atoms with Crippen molar-refractivity contribution in [3.05, 3.63) is 77.0 Å². The van der Waals surface area contributed by atoms with Crippen LogP contribution in [0.25, 0.3) is 22.3 Å². The number of phenolic OH excluding ortho intramolecular Hbond substituents is 1. The number of aliphatic hydroxyl groups excluding tert-OH is 1. The molecule has 2 aliphatic carbocycles. The molecule has 0 unspecified atom stereocenters. The number of aromatic amines is 1. The number of likely N-dealkylation sites (tertiary alicyclic amines) is 4. The second-order valence-corrected chi connectivity index (χ2v) is 23.0. The molecule has 6 fully saturated rings. The molecule has 11 rings (SSSR count). The summed E-state index contributed by atoms with van der Waals surface area (Å²) in [5, 5.41) is 37.2. The van der Waals surface area contributed by atoms with E-state index < -0.39 is 23.6 Å². The molecule has 364 valence electrons. The van der Waals surface area contributed by atoms with Crippen molar-refractivity contribution in [3.63, 3.8) is 0 Å². The number of fused-ring (bicyclic) bond motifs is 3. The van der Waals surface area contributed by atoms with E-state index in [1.807, 2.05) is 68.1 Å². The van der Waals surface area contributed by atoms with Crippen molar-refractivity contribution in [1.29, 1.82) is 0 Å². The van der Waals surface area contributed by atoms with Gasteiger partial charge >= 0.3 is 6.03 Å². The van der Waals surface area contributed by atoms with Crippen molar-refractivity contribution >= 4 is 28.9 Å². The fourth-order valence-electron chi connectivity index (χ4n) is 13.5. The van der Waals surface area contributed by atoms with Crippen LogP contribution in [-0.2, 0) is 22.6 Å². The number of aromatic hydroxyl groups is 1. The lowest BCUT2D eigenvalue weighted by Crippen LogP contribution is -2.71. The van der Waals surface area contributed by atoms with Crippen molar-refractivity contribution in [2.24, 2.45) is 16.2 Å². The van der Waals surface area contributed by atoms with E-state index in [4.69, 9.17) is 6.42 Å². The van der Waals surface area contributed by atoms with Gasteiger partial charge in [-0.2, -0.15) is 0 Å². The van der Waals surface area contributed by atoms with Gasteiger partial charge < -0.3 is 40.5 Å². The lowest BCUT2D eigenvalue weighted by molar-refractivity contribution is -0.144. The molecule has 4 atom stereocenters. The van der Waals surface area contributed by atoms with Gasteiger partial charge in [0.05, 0.1) is 11.8 Å². The Hall–Kier alpha value is -5.53. The summed E-state index contributed by atoms with van der Waals surface area (Å²) >= 11 is 0. The molecule has 15 heteroatoms. The Morgan fingerprint density at radius 2 is 1.61 bits per heavy atom. The van der Waals surface area contributed by atoms with Crippen molar-refractivity contribution < 1.29 is 24.6 Å². The van der Waals surface area contributed by atoms with Gasteiger partial charge in [0.2, 0.25) is 11.8 Å². The van der Waals surface area contributed by atoms with Gasteiger partial charge in [-0.25, -0.2) is 4.79 Å². The lowest BCUT2D eigenvalue weighted by atomic mass is 9.59. The molecule has 15 nitrogen and oxygen atoms in total. The molecule has 0 radical (unpaired) electrons. The van der Waals surface area contributed by atoms with Crippen LogP contribution in [0.5, 0.6) is 5.75 Å². The molecule has 0 bridgehead atoms. The second kappa shape index (κ2) is 17.4. The molecule has 2 spiro atoms. The number of nitrogens with one attached hydrogen (secondary N) is 3. The normalized spacial score (nSPS) is 25.6. The summed E-state index contributed by atoms with van der Waals surface area (Å²) in [7, 11) is 0. The van der Waals surface area contributed by atoms with Crippen LogP contribution < -0.4 is 10.6 Å². The van der Waals surface area contributed by atoms with E-state index >= 15 is 0 Å². The summed E-state index contributed by atoms with van der Waals surface area (Å²) < 4.78 is 0. The van der Waals surface area contributed by atoms with Crippen molar-refractivity contribution in [3.8, 4) is 29.4 Å². The summed E-state index contributed by atoms with van der Waals surface area (Å²) in [4.78, 5) is 56.3. The van der Waals surface area contributed by atoms with Gasteiger partial charge in [-0.1, -0.05) is 51.0 Å². The molecule has 7 aliphatic rings. The Labute approximate surface area is 405 Å². The van der Waals surface area contributed by atoms with Crippen molar-refractivity contribution in [1.82, 2.24) is 50.3 Å². The molecule has 2 aromatic carbocycles. The average Bonchev–Trinajstić information content (AvgIpc) is 3.87. The maximum Gasteiger partial charge on any atom is 0.318 e. The molecule has 2 saturated carbocycles. The molecular weight excluding hydrogens is 869 g/mol. The number of rotatable bonds is 9. The predicted octanol–water partition coefficient (Wildman–Crippen LogP) is 5.03. The highest BCUT2D eigenvalue weighted by atomic mass is 16.3. The molecule has 4 saturated heterocycles. The van der Waals surface area contributed by atoms with Gasteiger partial charge in [0.15, 0.2) is 5.65 Å². The zero-order chi connectivity index (χ0) is 48.0. The quantitative estimate of drug-likeness (QED) is 0.144. The number of hydrogen-bond acceptors (Lipinski definition) is 10. The zero-order valence-corrected chi connectivity index (χ0v) is 40.6. The first-order valence-corrected chi connectivity index (χ1v) is 25.4. The number of aromatic nitrogens is 3. The smallest absolute Gasteiger partial charge is 0.318 e. The molecule has 4 aromatic rings. The number of piperidine rings is 1. The van der Waals surface area contributed by atoms with E-state index in [0.29, 0.717) is 47.9 Å². The number of hydrogen-bond donors (Lipinski definition) is 5. The van der Waals surface area contributed by atoms with Crippen LogP contribution in [0.1, 0.15) is 101 Å². The molecule has 2 aromatic heterocycles. The minimum atomic E-state index is -0.863. The maximum absolute atomic E-state index is 14.2. The first-order valence-electron chi connectivity index (χ1n) is 25.4. The van der Waals surface area contributed by atoms with E-state index in [1.165, 1.54) is 54.9 Å². The number of amides is 4. The van der Waals surface area contributed by atoms with Crippen LogP contribution in [0.3, 0.4) is 0 Å². The first-order chi connectivity index (χ1) is 33.1. The van der Waals surface area contributed by atoms with Crippen molar-refractivity contribution in [2.75, 3.05) is 52.4 Å². The van der Waals surface area contributed by atoms with Crippen LogP contribution in [-0.4, -0.2) is 156 Å². The second-order valence-electron chi connectivity index (χ2n) is 23.0. The van der Waals surface area contributed by atoms with E-state index in [-0.39, 0.29) is 54.6 Å². The standard InChI is InChI=1S/C54H68N10O5/c1-6-34-11-13-35(14-12-34)27-55-49(67)44-21-39(65)28-64(44)50(68)47(52(3,4)5)57-51(69)62-31-53(32-62)23-37(24-53)60-18-15-36(16-19-60)61-29-54(30-61)25-38(26-54)63-20-17-42-46(33(63)2)41-22-43(58-59-48(41)56-42)40-9-7-8-10-45(40)66/h1,7-14,22,33,36-39,44,47,65-66H,15-21,23-32H2,2-5H3,(H,55,67)(H,56,59)(H,57,69)/t33-,39-,44+,47-/m1/s1. The highest BCUT2D eigenvalue weighted by Gasteiger charge is 2.58. The molecule has 4 amide bonds. The number of nitrogens with zero attached hydrogens (tertiary/aromatic N) is 7. The van der Waals surface area contributed by atoms with Crippen LogP contribution in [0.15, 0.2) is 54.6 Å². The highest BCUT2D eigenvalue weighted by molar-refractivity contribution is 5.93. The lowest BCUT2D eigenvalue weighted by Gasteiger charge is -2.65. The minimum absolute atomic E-state index is 0.0385. The Morgan fingerprint density at radius 1 is 0.913 bits per heavy atom. The number of phenols is 1. The number of aliphatic hydroxyl groups is 1. The van der Waals surface area contributed by atoms with Crippen LogP contribution in [0.4, 0.5) is 4.79 Å². The van der Waals surface area contributed by atoms with E-state index in [9.17, 15) is 24.6 Å². The summed E-state index contributed by atoms with van der Waals surface area (Å²) in [5.41, 5.74) is 6.45. The molecule has 7 heterocycles. The number of benzene rings is 2. The first kappa shape index (κ1) is 45.9. The van der Waals surface area contributed by atoms with Crippen LogP contribution >= 0.6 is 0 Å². The maximum atomic E-state index is 14.2. The third kappa shape index (κ3) is 8.44. The topological polar surface area (TPSA) is 173 Å². The third-order valence-corrected chi connectivity index (χ3v) is 17.3. The number of β-amino-alcohol motifs (C(OH)–C–C–N with tert-alkyl or cyclic N) is 1. The Kier molecular flexibility index (Phi) is 11.6. The average molecular weight is 937 g/mol. The number of urea groups is 1. The molecule has 5 N–H and O–H groups in total. The van der Waals surface area contributed by atoms with Gasteiger partial charge in [0, 0.05) is 110 Å². The van der Waals surface area contributed by atoms with Crippen molar-refractivity contribution in [2.45, 2.75) is 128 Å². The number of H-pyrrole nitrogens is 1. The van der Waals surface area contributed by atoms with Gasteiger partial charge in [-0.05, 0) is 111 Å². The Bertz CT molecular complexity index is 2650. The third-order valence-electron chi connectivity index (χ3n) is 17.3. The number of carbonyl (C=O) groups excluding carboxylic acids is 3. The number of para-hydroxylation sites is 1. The van der Waals surface area contributed by atoms with Gasteiger partial charge in [0.1, 0.15) is 17.8 Å². The summed E-state index contributed by atoms with van der Waals surface area (Å²) in [6, 6.07) is 16.9. The largest absolute Gasteiger partial charge is 0.507 e. The van der Waals surface area contributed by atoms with Crippen LogP contribution in [0.2, 0.25) is 0 Å². The minimum Gasteiger partial charge on any atom is -0.507 e. The highest BCUT2D eigenvalue weighted by Crippen LogP contribution is 2.55. The van der Waals surface area contributed by atoms with Gasteiger partial charge in [0.25, 0.3) is 0 Å². The van der Waals surface area contributed by atoms with Gasteiger partial charge in [-0.3, -0.25) is 19.4 Å². The molecule has 5 aliphatic heterocycles. The SMILES string of the molecule is C#Cc1ccc(CNC(=O)[C@@H]2C[C@@H](O)CN2C(=O)[C@@H](NC(=O)N2CC3(CC(N4CCC(N5CC6(CC(N7CCc8[nH]c9nnc(-c%10ccccc%10O)cc9c8[C@H]7C)C6)C5)CC4)C3)C2)C(C)(C)C)cc1.